The van der Waals surface area contributed by atoms with Crippen molar-refractivity contribution in [3.8, 4) is 0 Å². The molecule has 1 fully saturated rings. The Labute approximate surface area is 107 Å². The van der Waals surface area contributed by atoms with Crippen LogP contribution in [0.15, 0.2) is 0 Å². The lowest BCUT2D eigenvalue weighted by Gasteiger charge is -2.33. The van der Waals surface area contributed by atoms with Crippen LogP contribution < -0.4 is 0 Å². The van der Waals surface area contributed by atoms with E-state index >= 15 is 0 Å². The lowest BCUT2D eigenvalue weighted by Crippen LogP contribution is -2.54. The van der Waals surface area contributed by atoms with Gasteiger partial charge in [-0.1, -0.05) is 0 Å². The molecule has 0 saturated carbocycles. The van der Waals surface area contributed by atoms with Gasteiger partial charge in [0.05, 0.1) is 11.2 Å². The van der Waals surface area contributed by atoms with Crippen LogP contribution in [0.2, 0.25) is 13.1 Å². The molecule has 0 aromatic carbocycles. The van der Waals surface area contributed by atoms with Crippen LogP contribution in [-0.2, 0) is 13.7 Å². The predicted molar refractivity (Wildman–Crippen MR) is 74.4 cm³/mol. The summed E-state index contributed by atoms with van der Waals surface area (Å²) in [5, 5.41) is 0. The monoisotopic (exact) mass is 258 g/mol. The molecule has 0 unspecified atom stereocenters. The highest BCUT2D eigenvalue weighted by Gasteiger charge is 2.58. The Bertz CT molecular complexity index is 279. The standard InChI is InChI=1S/C12H27BO3Si/c1-10(2,3)16-17(8,9)13-14-11(4,5)12(6,7)15-13/h1-9H3. The third-order valence-corrected chi connectivity index (χ3v) is 5.90. The summed E-state index contributed by atoms with van der Waals surface area (Å²) in [5.41, 5.74) is -0.703. The van der Waals surface area contributed by atoms with Gasteiger partial charge in [-0.05, 0) is 61.6 Å². The smallest absolute Gasteiger partial charge is 0.414 e. The van der Waals surface area contributed by atoms with Crippen LogP contribution in [0.3, 0.4) is 0 Å². The van der Waals surface area contributed by atoms with Gasteiger partial charge in [0.15, 0.2) is 0 Å². The Morgan fingerprint density at radius 2 is 1.29 bits per heavy atom. The maximum Gasteiger partial charge on any atom is 0.467 e. The molecule has 1 aliphatic heterocycles. The Kier molecular flexibility index (Phi) is 3.66. The Morgan fingerprint density at radius 3 is 1.59 bits per heavy atom. The van der Waals surface area contributed by atoms with Crippen LogP contribution in [0, 0.1) is 0 Å². The van der Waals surface area contributed by atoms with Gasteiger partial charge < -0.3 is 13.7 Å². The van der Waals surface area contributed by atoms with Crippen molar-refractivity contribution in [2.24, 2.45) is 0 Å². The molecule has 0 aliphatic carbocycles. The highest BCUT2D eigenvalue weighted by molar-refractivity contribution is 7.24. The first kappa shape index (κ1) is 15.2. The molecule has 17 heavy (non-hydrogen) atoms. The SMILES string of the molecule is CC(C)(C)O[Si](C)(C)B1OC(C)(C)C(C)(C)O1. The Hall–Kier alpha value is 0.162. The molecule has 1 rings (SSSR count). The van der Waals surface area contributed by atoms with E-state index in [-0.39, 0.29) is 23.5 Å². The van der Waals surface area contributed by atoms with Gasteiger partial charge in [-0.3, -0.25) is 0 Å². The molecule has 0 amide bonds. The summed E-state index contributed by atoms with van der Waals surface area (Å²) in [5.74, 6) is 0. The van der Waals surface area contributed by atoms with E-state index < -0.39 is 8.19 Å². The normalized spacial score (nSPS) is 24.2. The number of hydrogen-bond acceptors (Lipinski definition) is 3. The second-order valence-corrected chi connectivity index (χ2v) is 11.3. The van der Waals surface area contributed by atoms with Crippen LogP contribution >= 0.6 is 0 Å². The first-order chi connectivity index (χ1) is 7.27. The van der Waals surface area contributed by atoms with E-state index in [1.807, 2.05) is 0 Å². The van der Waals surface area contributed by atoms with Crippen molar-refractivity contribution in [3.05, 3.63) is 0 Å². The van der Waals surface area contributed by atoms with Crippen LogP contribution in [0.1, 0.15) is 48.5 Å². The van der Waals surface area contributed by atoms with Crippen LogP contribution in [0.5, 0.6) is 0 Å². The quantitative estimate of drug-likeness (QED) is 0.712. The molecule has 0 bridgehead atoms. The number of hydrogen-bond donors (Lipinski definition) is 0. The first-order valence-corrected chi connectivity index (χ1v) is 9.31. The van der Waals surface area contributed by atoms with Crippen molar-refractivity contribution in [2.45, 2.75) is 78.4 Å². The average Bonchev–Trinajstić information content (AvgIpc) is 2.16. The van der Waals surface area contributed by atoms with Gasteiger partial charge in [0, 0.05) is 5.60 Å². The molecule has 0 aromatic rings. The van der Waals surface area contributed by atoms with Gasteiger partial charge in [0.1, 0.15) is 0 Å². The van der Waals surface area contributed by atoms with Crippen molar-refractivity contribution >= 4 is 14.9 Å². The third kappa shape index (κ3) is 3.34. The lowest BCUT2D eigenvalue weighted by atomic mass is 9.90. The topological polar surface area (TPSA) is 27.7 Å². The van der Waals surface area contributed by atoms with Gasteiger partial charge in [-0.15, -0.1) is 0 Å². The van der Waals surface area contributed by atoms with E-state index in [1.54, 1.807) is 0 Å². The fourth-order valence-corrected chi connectivity index (χ4v) is 4.80. The molecule has 5 heteroatoms. The zero-order chi connectivity index (χ0) is 13.7. The van der Waals surface area contributed by atoms with Crippen LogP contribution in [0.4, 0.5) is 0 Å². The Morgan fingerprint density at radius 1 is 0.941 bits per heavy atom. The fourth-order valence-electron chi connectivity index (χ4n) is 1.96. The van der Waals surface area contributed by atoms with E-state index in [1.165, 1.54) is 0 Å². The first-order valence-electron chi connectivity index (χ1n) is 6.33. The molecule has 1 saturated heterocycles. The maximum absolute atomic E-state index is 6.18. The van der Waals surface area contributed by atoms with E-state index in [2.05, 4.69) is 61.6 Å². The summed E-state index contributed by atoms with van der Waals surface area (Å²) >= 11 is 0. The number of rotatable bonds is 2. The van der Waals surface area contributed by atoms with Crippen molar-refractivity contribution in [3.63, 3.8) is 0 Å². The van der Waals surface area contributed by atoms with Gasteiger partial charge >= 0.3 is 6.71 Å². The maximum atomic E-state index is 6.18. The molecule has 0 atom stereocenters. The van der Waals surface area contributed by atoms with E-state index in [9.17, 15) is 0 Å². The molecular formula is C12H27BO3Si. The van der Waals surface area contributed by atoms with Crippen LogP contribution in [0.25, 0.3) is 0 Å². The van der Waals surface area contributed by atoms with E-state index in [0.717, 1.165) is 0 Å². The second kappa shape index (κ2) is 4.08. The third-order valence-electron chi connectivity index (χ3n) is 3.39. The Balaban J connectivity index is 2.83. The zero-order valence-electron chi connectivity index (χ0n) is 12.8. The largest absolute Gasteiger partial charge is 0.467 e. The highest BCUT2D eigenvalue weighted by atomic mass is 28.3. The minimum absolute atomic E-state index is 0.153. The molecular weight excluding hydrogens is 231 g/mol. The van der Waals surface area contributed by atoms with Gasteiger partial charge in [0.25, 0.3) is 0 Å². The minimum Gasteiger partial charge on any atom is -0.414 e. The zero-order valence-corrected chi connectivity index (χ0v) is 13.8. The summed E-state index contributed by atoms with van der Waals surface area (Å²) in [4.78, 5) is 0. The predicted octanol–water partition coefficient (Wildman–Crippen LogP) is 3.18. The molecule has 100 valence electrons. The molecule has 3 nitrogen and oxygen atoms in total. The summed E-state index contributed by atoms with van der Waals surface area (Å²) in [6.07, 6.45) is 0. The average molecular weight is 258 g/mol. The van der Waals surface area contributed by atoms with Crippen molar-refractivity contribution in [1.82, 2.24) is 0 Å². The van der Waals surface area contributed by atoms with E-state index in [0.29, 0.717) is 0 Å². The van der Waals surface area contributed by atoms with Gasteiger partial charge in [0.2, 0.25) is 8.19 Å². The summed E-state index contributed by atoms with van der Waals surface area (Å²) in [6, 6.07) is 0. The fraction of sp³-hybridized carbons (Fsp3) is 1.00. The van der Waals surface area contributed by atoms with Crippen molar-refractivity contribution in [1.29, 1.82) is 0 Å². The summed E-state index contributed by atoms with van der Waals surface area (Å²) < 4.78 is 18.4. The molecule has 0 aromatic heterocycles. The van der Waals surface area contributed by atoms with Crippen molar-refractivity contribution < 1.29 is 13.7 Å². The van der Waals surface area contributed by atoms with Gasteiger partial charge in [-0.25, -0.2) is 0 Å². The summed E-state index contributed by atoms with van der Waals surface area (Å²) in [7, 11) is -2.03. The summed E-state index contributed by atoms with van der Waals surface area (Å²) in [6.45, 7) is 18.6. The molecule has 0 spiro atoms. The molecule has 1 aliphatic rings. The highest BCUT2D eigenvalue weighted by Crippen LogP contribution is 2.39. The second-order valence-electron chi connectivity index (χ2n) is 7.41. The van der Waals surface area contributed by atoms with E-state index in [4.69, 9.17) is 13.7 Å². The molecule has 0 radical (unpaired) electrons. The molecule has 0 N–H and O–H groups in total. The van der Waals surface area contributed by atoms with Gasteiger partial charge in [-0.2, -0.15) is 0 Å². The minimum atomic E-state index is -2.03. The molecule has 1 heterocycles. The van der Waals surface area contributed by atoms with Crippen LogP contribution in [-0.4, -0.2) is 31.7 Å². The lowest BCUT2D eigenvalue weighted by molar-refractivity contribution is 0.00578. The van der Waals surface area contributed by atoms with Crippen molar-refractivity contribution in [2.75, 3.05) is 0 Å².